The maximum atomic E-state index is 13.1. The number of rotatable bonds is 6. The first-order valence-corrected chi connectivity index (χ1v) is 7.54. The van der Waals surface area contributed by atoms with Gasteiger partial charge < -0.3 is 10.1 Å². The third-order valence-electron chi connectivity index (χ3n) is 2.99. The number of ether oxygens (including phenoxy) is 1. The fourth-order valence-corrected chi connectivity index (χ4v) is 2.03. The summed E-state index contributed by atoms with van der Waals surface area (Å²) in [4.78, 5) is 15.9. The number of amides is 1. The summed E-state index contributed by atoms with van der Waals surface area (Å²) >= 11 is 11.6. The number of carbonyl (C=O) groups excluding carboxylic acids is 1. The van der Waals surface area contributed by atoms with Crippen molar-refractivity contribution in [2.24, 2.45) is 0 Å². The first-order chi connectivity index (χ1) is 11.0. The smallest absolute Gasteiger partial charge is 0.251 e. The van der Waals surface area contributed by atoms with E-state index >= 15 is 0 Å². The molecule has 0 spiro atoms. The van der Waals surface area contributed by atoms with Gasteiger partial charge in [0, 0.05) is 11.6 Å². The molecule has 2 aromatic rings. The zero-order valence-electron chi connectivity index (χ0n) is 12.1. The van der Waals surface area contributed by atoms with Gasteiger partial charge in [0.05, 0.1) is 17.3 Å². The molecule has 2 rings (SSSR count). The average Bonchev–Trinajstić information content (AvgIpc) is 2.54. The number of hydrogen-bond acceptors (Lipinski definition) is 3. The Kier molecular flexibility index (Phi) is 6.19. The first-order valence-electron chi connectivity index (χ1n) is 6.79. The van der Waals surface area contributed by atoms with Crippen LogP contribution in [0.5, 0.6) is 5.75 Å². The van der Waals surface area contributed by atoms with Gasteiger partial charge in [-0.2, -0.15) is 0 Å². The molecule has 1 unspecified atom stereocenters. The lowest BCUT2D eigenvalue weighted by Crippen LogP contribution is -2.38. The van der Waals surface area contributed by atoms with Crippen molar-refractivity contribution in [1.82, 2.24) is 10.3 Å². The third-order valence-corrected chi connectivity index (χ3v) is 3.68. The number of carbonyl (C=O) groups is 1. The molecule has 0 aliphatic heterocycles. The van der Waals surface area contributed by atoms with Crippen LogP contribution in [0.2, 0.25) is 10.2 Å². The number of benzene rings is 1. The Hall–Kier alpha value is -1.85. The summed E-state index contributed by atoms with van der Waals surface area (Å²) in [6, 6.07) is 6.63. The van der Waals surface area contributed by atoms with E-state index in [1.54, 1.807) is 0 Å². The van der Waals surface area contributed by atoms with Gasteiger partial charge in [-0.05, 0) is 24.6 Å². The summed E-state index contributed by atoms with van der Waals surface area (Å²) in [5.41, 5.74) is 0.236. The maximum Gasteiger partial charge on any atom is 0.251 e. The average molecular weight is 356 g/mol. The predicted molar refractivity (Wildman–Crippen MR) is 87.4 cm³/mol. The molecule has 0 bridgehead atoms. The van der Waals surface area contributed by atoms with Crippen molar-refractivity contribution in [3.8, 4) is 5.75 Å². The van der Waals surface area contributed by atoms with Gasteiger partial charge in [0.25, 0.3) is 5.91 Å². The van der Waals surface area contributed by atoms with Crippen LogP contribution in [0.4, 0.5) is 4.39 Å². The molecule has 1 N–H and O–H groups in total. The van der Waals surface area contributed by atoms with E-state index in [4.69, 9.17) is 27.9 Å². The Labute approximate surface area is 143 Å². The minimum absolute atomic E-state index is 0.171. The number of hydrogen-bond donors (Lipinski definition) is 1. The van der Waals surface area contributed by atoms with Gasteiger partial charge in [-0.3, -0.25) is 4.79 Å². The standard InChI is InChI=1S/C16H14Cl2FN2O2/c1-2-12(9-23-13-7-14(17)15(18)20-8-13)21-16(22)10-4-3-5-11(19)6-10/h3-8,12H,1-2,9H2,(H,21,22). The molecule has 1 aromatic heterocycles. The fourth-order valence-electron chi connectivity index (χ4n) is 1.78. The third kappa shape index (κ3) is 5.08. The van der Waals surface area contributed by atoms with Crippen molar-refractivity contribution in [3.63, 3.8) is 0 Å². The van der Waals surface area contributed by atoms with Gasteiger partial charge in [0.15, 0.2) is 0 Å². The molecular formula is C16H14Cl2FN2O2. The van der Waals surface area contributed by atoms with Crippen LogP contribution in [-0.2, 0) is 0 Å². The quantitative estimate of drug-likeness (QED) is 0.798. The number of nitrogens with one attached hydrogen (secondary N) is 1. The summed E-state index contributed by atoms with van der Waals surface area (Å²) in [6.45, 7) is 3.93. The molecule has 121 valence electrons. The second-order valence-corrected chi connectivity index (χ2v) is 5.49. The van der Waals surface area contributed by atoms with Gasteiger partial charge >= 0.3 is 0 Å². The normalized spacial score (nSPS) is 11.8. The molecule has 0 fully saturated rings. The van der Waals surface area contributed by atoms with Crippen molar-refractivity contribution >= 4 is 29.1 Å². The molecule has 1 amide bonds. The molecule has 23 heavy (non-hydrogen) atoms. The highest BCUT2D eigenvalue weighted by Crippen LogP contribution is 2.23. The van der Waals surface area contributed by atoms with Gasteiger partial charge in [0.1, 0.15) is 23.3 Å². The zero-order chi connectivity index (χ0) is 16.8. The predicted octanol–water partition coefficient (Wildman–Crippen LogP) is 3.93. The lowest BCUT2D eigenvalue weighted by Gasteiger charge is -2.18. The highest BCUT2D eigenvalue weighted by molar-refractivity contribution is 6.41. The van der Waals surface area contributed by atoms with Crippen LogP contribution in [0.1, 0.15) is 16.8 Å². The molecule has 0 aliphatic carbocycles. The number of pyridine rings is 1. The van der Waals surface area contributed by atoms with E-state index in [9.17, 15) is 9.18 Å². The van der Waals surface area contributed by atoms with E-state index in [1.165, 1.54) is 36.5 Å². The van der Waals surface area contributed by atoms with Crippen molar-refractivity contribution in [2.45, 2.75) is 12.5 Å². The van der Waals surface area contributed by atoms with Crippen molar-refractivity contribution in [1.29, 1.82) is 0 Å². The zero-order valence-corrected chi connectivity index (χ0v) is 13.6. The number of halogens is 3. The van der Waals surface area contributed by atoms with Crippen molar-refractivity contribution in [3.05, 3.63) is 65.0 Å². The Bertz CT molecular complexity index is 698. The largest absolute Gasteiger partial charge is 0.490 e. The van der Waals surface area contributed by atoms with Crippen molar-refractivity contribution < 1.29 is 13.9 Å². The lowest BCUT2D eigenvalue weighted by molar-refractivity contribution is 0.0921. The molecule has 0 aliphatic rings. The Morgan fingerprint density at radius 3 is 2.83 bits per heavy atom. The molecule has 7 heteroatoms. The maximum absolute atomic E-state index is 13.1. The van der Waals surface area contributed by atoms with E-state index in [2.05, 4.69) is 17.2 Å². The number of aromatic nitrogens is 1. The SMILES string of the molecule is [CH2]CC(COc1cnc(Cl)c(Cl)c1)NC(=O)c1cccc(F)c1. The van der Waals surface area contributed by atoms with Crippen LogP contribution < -0.4 is 10.1 Å². The summed E-state index contributed by atoms with van der Waals surface area (Å²) in [6.07, 6.45) is 1.83. The second kappa shape index (κ2) is 8.13. The highest BCUT2D eigenvalue weighted by Gasteiger charge is 2.14. The Morgan fingerprint density at radius 1 is 1.39 bits per heavy atom. The Balaban J connectivity index is 1.94. The van der Waals surface area contributed by atoms with Gasteiger partial charge in [0.2, 0.25) is 0 Å². The van der Waals surface area contributed by atoms with E-state index in [0.717, 1.165) is 0 Å². The molecule has 4 nitrogen and oxygen atoms in total. The number of nitrogens with zero attached hydrogens (tertiary/aromatic N) is 1. The Morgan fingerprint density at radius 2 is 2.17 bits per heavy atom. The minimum atomic E-state index is -0.470. The summed E-state index contributed by atoms with van der Waals surface area (Å²) in [7, 11) is 0. The monoisotopic (exact) mass is 355 g/mol. The van der Waals surface area contributed by atoms with Gasteiger partial charge in [-0.1, -0.05) is 36.2 Å². The lowest BCUT2D eigenvalue weighted by atomic mass is 10.1. The van der Waals surface area contributed by atoms with Crippen LogP contribution >= 0.6 is 23.2 Å². The highest BCUT2D eigenvalue weighted by atomic mass is 35.5. The van der Waals surface area contributed by atoms with E-state index in [-0.39, 0.29) is 28.4 Å². The molecule has 1 atom stereocenters. The van der Waals surface area contributed by atoms with Crippen LogP contribution in [0.15, 0.2) is 36.5 Å². The molecule has 0 saturated heterocycles. The van der Waals surface area contributed by atoms with E-state index in [1.807, 2.05) is 0 Å². The first kappa shape index (κ1) is 17.5. The van der Waals surface area contributed by atoms with E-state index in [0.29, 0.717) is 12.2 Å². The van der Waals surface area contributed by atoms with Crippen LogP contribution in [0, 0.1) is 12.7 Å². The van der Waals surface area contributed by atoms with Crippen LogP contribution in [0.3, 0.4) is 0 Å². The molecule has 1 radical (unpaired) electrons. The summed E-state index contributed by atoms with van der Waals surface area (Å²) in [5, 5.41) is 3.20. The van der Waals surface area contributed by atoms with Gasteiger partial charge in [-0.15, -0.1) is 0 Å². The van der Waals surface area contributed by atoms with Crippen LogP contribution in [0.25, 0.3) is 0 Å². The fraction of sp³-hybridized carbons (Fsp3) is 0.188. The summed E-state index contributed by atoms with van der Waals surface area (Å²) in [5.74, 6) is -0.436. The molecule has 1 aromatic carbocycles. The summed E-state index contributed by atoms with van der Waals surface area (Å²) < 4.78 is 18.7. The molecule has 1 heterocycles. The van der Waals surface area contributed by atoms with Crippen LogP contribution in [-0.4, -0.2) is 23.5 Å². The van der Waals surface area contributed by atoms with Gasteiger partial charge in [-0.25, -0.2) is 9.37 Å². The minimum Gasteiger partial charge on any atom is -0.490 e. The second-order valence-electron chi connectivity index (χ2n) is 4.72. The van der Waals surface area contributed by atoms with E-state index < -0.39 is 11.7 Å². The topological polar surface area (TPSA) is 51.2 Å². The molecular weight excluding hydrogens is 342 g/mol. The molecule has 0 saturated carbocycles. The van der Waals surface area contributed by atoms with Crippen molar-refractivity contribution in [2.75, 3.05) is 6.61 Å².